The topological polar surface area (TPSA) is 86.8 Å². The fourth-order valence-corrected chi connectivity index (χ4v) is 3.27. The van der Waals surface area contributed by atoms with E-state index in [1.807, 2.05) is 20.2 Å². The Morgan fingerprint density at radius 1 is 1.12 bits per heavy atom. The molecule has 1 atom stereocenters. The molecule has 25 heavy (non-hydrogen) atoms. The molecule has 7 heteroatoms. The standard InChI is InChI=1S/C18H21N3O4/c1-20(2)9-3-4-11-5-6-12-13(10-11)18(25)21(17(12)24)14-7-8-15(22)19-16(14)23/h5-6,10,14H,3-4,7-9H2,1-2H3,(H,19,22,23). The fourth-order valence-electron chi connectivity index (χ4n) is 3.27. The quantitative estimate of drug-likeness (QED) is 0.791. The number of nitrogens with zero attached hydrogens (tertiary/aromatic N) is 2. The van der Waals surface area contributed by atoms with Crippen molar-refractivity contribution in [1.29, 1.82) is 0 Å². The van der Waals surface area contributed by atoms with E-state index in [9.17, 15) is 19.2 Å². The SMILES string of the molecule is CN(C)CCCc1ccc2c(c1)C(=O)N(C1CCC(=O)NC1=O)C2=O. The smallest absolute Gasteiger partial charge is 0.262 e. The summed E-state index contributed by atoms with van der Waals surface area (Å²) < 4.78 is 0. The number of fused-ring (bicyclic) bond motifs is 1. The maximum absolute atomic E-state index is 12.7. The number of carbonyl (C=O) groups excluding carboxylic acids is 4. The Hall–Kier alpha value is -2.54. The average Bonchev–Trinajstić information content (AvgIpc) is 2.79. The number of amides is 4. The summed E-state index contributed by atoms with van der Waals surface area (Å²) in [6, 6.07) is 4.35. The van der Waals surface area contributed by atoms with Gasteiger partial charge in [0.05, 0.1) is 11.1 Å². The van der Waals surface area contributed by atoms with Gasteiger partial charge in [0.2, 0.25) is 11.8 Å². The minimum absolute atomic E-state index is 0.125. The van der Waals surface area contributed by atoms with Crippen molar-refractivity contribution in [2.45, 2.75) is 31.7 Å². The summed E-state index contributed by atoms with van der Waals surface area (Å²) in [5, 5.41) is 2.20. The van der Waals surface area contributed by atoms with Gasteiger partial charge in [-0.15, -0.1) is 0 Å². The van der Waals surface area contributed by atoms with E-state index in [0.29, 0.717) is 11.1 Å². The molecule has 2 aliphatic rings. The molecule has 0 saturated carbocycles. The van der Waals surface area contributed by atoms with E-state index in [4.69, 9.17) is 0 Å². The molecule has 7 nitrogen and oxygen atoms in total. The molecule has 132 valence electrons. The Morgan fingerprint density at radius 2 is 1.84 bits per heavy atom. The lowest BCUT2D eigenvalue weighted by Gasteiger charge is -2.27. The number of piperidine rings is 1. The number of carbonyl (C=O) groups is 4. The van der Waals surface area contributed by atoms with E-state index in [0.717, 1.165) is 29.8 Å². The van der Waals surface area contributed by atoms with Gasteiger partial charge in [-0.1, -0.05) is 6.07 Å². The van der Waals surface area contributed by atoms with Crippen LogP contribution in [0.4, 0.5) is 0 Å². The highest BCUT2D eigenvalue weighted by molar-refractivity contribution is 6.23. The van der Waals surface area contributed by atoms with Crippen LogP contribution in [-0.2, 0) is 16.0 Å². The Kier molecular flexibility index (Phi) is 4.67. The molecule has 0 spiro atoms. The molecule has 0 radical (unpaired) electrons. The van der Waals surface area contributed by atoms with Gasteiger partial charge in [0, 0.05) is 6.42 Å². The number of benzene rings is 1. The van der Waals surface area contributed by atoms with Crippen LogP contribution in [0.2, 0.25) is 0 Å². The summed E-state index contributed by atoms with van der Waals surface area (Å²) in [4.78, 5) is 51.7. The highest BCUT2D eigenvalue weighted by atomic mass is 16.2. The van der Waals surface area contributed by atoms with Crippen molar-refractivity contribution in [3.63, 3.8) is 0 Å². The monoisotopic (exact) mass is 343 g/mol. The van der Waals surface area contributed by atoms with E-state index in [1.165, 1.54) is 0 Å². The molecule has 0 aliphatic carbocycles. The lowest BCUT2D eigenvalue weighted by atomic mass is 10.0. The molecule has 3 rings (SSSR count). The van der Waals surface area contributed by atoms with Crippen molar-refractivity contribution >= 4 is 23.6 Å². The molecule has 1 fully saturated rings. The number of rotatable bonds is 5. The molecular formula is C18H21N3O4. The second-order valence-corrected chi connectivity index (χ2v) is 6.73. The third kappa shape index (κ3) is 3.32. The Balaban J connectivity index is 1.79. The normalized spacial score (nSPS) is 20.3. The molecule has 1 unspecified atom stereocenters. The van der Waals surface area contributed by atoms with Crippen LogP contribution in [0.5, 0.6) is 0 Å². The third-order valence-electron chi connectivity index (χ3n) is 4.57. The van der Waals surface area contributed by atoms with E-state index in [2.05, 4.69) is 10.2 Å². The molecular weight excluding hydrogens is 322 g/mol. The zero-order valence-corrected chi connectivity index (χ0v) is 14.4. The highest BCUT2D eigenvalue weighted by Crippen LogP contribution is 2.28. The summed E-state index contributed by atoms with van der Waals surface area (Å²) in [5.74, 6) is -1.88. The minimum atomic E-state index is -0.915. The lowest BCUT2D eigenvalue weighted by Crippen LogP contribution is -2.54. The number of nitrogens with one attached hydrogen (secondary N) is 1. The van der Waals surface area contributed by atoms with Crippen molar-refractivity contribution in [2.24, 2.45) is 0 Å². The van der Waals surface area contributed by atoms with Crippen molar-refractivity contribution in [1.82, 2.24) is 15.1 Å². The van der Waals surface area contributed by atoms with Gasteiger partial charge in [0.25, 0.3) is 11.8 Å². The van der Waals surface area contributed by atoms with Gasteiger partial charge < -0.3 is 4.90 Å². The van der Waals surface area contributed by atoms with Gasteiger partial charge in [0.1, 0.15) is 6.04 Å². The molecule has 2 heterocycles. The molecule has 1 saturated heterocycles. The number of imide groups is 2. The molecule has 0 aromatic heterocycles. The van der Waals surface area contributed by atoms with Crippen LogP contribution in [0.1, 0.15) is 45.5 Å². The van der Waals surface area contributed by atoms with E-state index < -0.39 is 23.8 Å². The summed E-state index contributed by atoms with van der Waals surface area (Å²) in [6.45, 7) is 0.937. The second-order valence-electron chi connectivity index (χ2n) is 6.73. The predicted molar refractivity (Wildman–Crippen MR) is 90.0 cm³/mol. The van der Waals surface area contributed by atoms with Gasteiger partial charge in [-0.3, -0.25) is 29.4 Å². The number of hydrogen-bond donors (Lipinski definition) is 1. The van der Waals surface area contributed by atoms with Gasteiger partial charge in [-0.05, 0) is 57.6 Å². The van der Waals surface area contributed by atoms with Crippen molar-refractivity contribution in [3.05, 3.63) is 34.9 Å². The van der Waals surface area contributed by atoms with Crippen LogP contribution < -0.4 is 5.32 Å². The zero-order valence-electron chi connectivity index (χ0n) is 14.4. The van der Waals surface area contributed by atoms with E-state index >= 15 is 0 Å². The minimum Gasteiger partial charge on any atom is -0.309 e. The lowest BCUT2D eigenvalue weighted by molar-refractivity contribution is -0.136. The average molecular weight is 343 g/mol. The van der Waals surface area contributed by atoms with Crippen LogP contribution in [0.15, 0.2) is 18.2 Å². The number of hydrogen-bond acceptors (Lipinski definition) is 5. The van der Waals surface area contributed by atoms with Gasteiger partial charge in [0.15, 0.2) is 0 Å². The number of aryl methyl sites for hydroxylation is 1. The Morgan fingerprint density at radius 3 is 2.52 bits per heavy atom. The van der Waals surface area contributed by atoms with Crippen LogP contribution in [0.3, 0.4) is 0 Å². The molecule has 1 aromatic carbocycles. The summed E-state index contributed by atoms with van der Waals surface area (Å²) in [5.41, 5.74) is 1.66. The predicted octanol–water partition coefficient (Wildman–Crippen LogP) is 0.582. The first-order valence-electron chi connectivity index (χ1n) is 8.37. The molecule has 1 aromatic rings. The van der Waals surface area contributed by atoms with E-state index in [1.54, 1.807) is 12.1 Å². The zero-order chi connectivity index (χ0) is 18.1. The molecule has 2 aliphatic heterocycles. The third-order valence-corrected chi connectivity index (χ3v) is 4.57. The molecule has 0 bridgehead atoms. The largest absolute Gasteiger partial charge is 0.309 e. The van der Waals surface area contributed by atoms with Crippen molar-refractivity contribution in [2.75, 3.05) is 20.6 Å². The first kappa shape index (κ1) is 17.3. The Labute approximate surface area is 146 Å². The summed E-state index contributed by atoms with van der Waals surface area (Å²) >= 11 is 0. The van der Waals surface area contributed by atoms with Gasteiger partial charge >= 0.3 is 0 Å². The summed E-state index contributed by atoms with van der Waals surface area (Å²) in [6.07, 6.45) is 2.06. The highest BCUT2D eigenvalue weighted by Gasteiger charge is 2.44. The summed E-state index contributed by atoms with van der Waals surface area (Å²) in [7, 11) is 4.01. The van der Waals surface area contributed by atoms with Crippen LogP contribution >= 0.6 is 0 Å². The van der Waals surface area contributed by atoms with Crippen molar-refractivity contribution < 1.29 is 19.2 Å². The Bertz CT molecular complexity index is 757. The van der Waals surface area contributed by atoms with Crippen molar-refractivity contribution in [3.8, 4) is 0 Å². The van der Waals surface area contributed by atoms with Gasteiger partial charge in [-0.25, -0.2) is 0 Å². The van der Waals surface area contributed by atoms with Crippen LogP contribution in [-0.4, -0.2) is 60.1 Å². The van der Waals surface area contributed by atoms with Crippen LogP contribution in [0.25, 0.3) is 0 Å². The molecule has 1 N–H and O–H groups in total. The first-order valence-corrected chi connectivity index (χ1v) is 8.37. The maximum atomic E-state index is 12.7. The maximum Gasteiger partial charge on any atom is 0.262 e. The second kappa shape index (κ2) is 6.76. The molecule has 4 amide bonds. The van der Waals surface area contributed by atoms with E-state index in [-0.39, 0.29) is 18.7 Å². The van der Waals surface area contributed by atoms with Gasteiger partial charge in [-0.2, -0.15) is 0 Å². The van der Waals surface area contributed by atoms with Crippen LogP contribution in [0, 0.1) is 0 Å². The first-order chi connectivity index (χ1) is 11.9. The fraction of sp³-hybridized carbons (Fsp3) is 0.444.